The Kier molecular flexibility index (Phi) is 8.60. The summed E-state index contributed by atoms with van der Waals surface area (Å²) in [7, 11) is -7.84. The fourth-order valence-electron chi connectivity index (χ4n) is 2.58. The monoisotopic (exact) mass is 582 g/mol. The van der Waals surface area contributed by atoms with Crippen LogP contribution in [0.4, 0.5) is 0 Å². The Bertz CT molecular complexity index is 1090. The van der Waals surface area contributed by atoms with Gasteiger partial charge in [0.2, 0.25) is 10.0 Å². The van der Waals surface area contributed by atoms with Crippen molar-refractivity contribution in [3.63, 3.8) is 0 Å². The summed E-state index contributed by atoms with van der Waals surface area (Å²) in [5, 5.41) is 8.13. The maximum absolute atomic E-state index is 12.5. The molecule has 2 atom stereocenters. The molecule has 0 fully saturated rings. The van der Waals surface area contributed by atoms with Crippen LogP contribution in [0.25, 0.3) is 0 Å². The molecule has 2 aromatic carbocycles. The highest BCUT2D eigenvalue weighted by molar-refractivity contribution is 9.10. The number of sulfone groups is 1. The van der Waals surface area contributed by atoms with Gasteiger partial charge in [-0.2, -0.15) is 4.72 Å². The number of rotatable bonds is 10. The van der Waals surface area contributed by atoms with Crippen LogP contribution in [0.5, 0.6) is 0 Å². The van der Waals surface area contributed by atoms with Gasteiger partial charge in [-0.3, -0.25) is 4.79 Å². The average Bonchev–Trinajstić information content (AvgIpc) is 2.67. The lowest BCUT2D eigenvalue weighted by atomic mass is 10.1. The maximum Gasteiger partial charge on any atom is 0.321 e. The maximum atomic E-state index is 12.5. The zero-order valence-corrected chi connectivity index (χ0v) is 20.3. The second kappa shape index (κ2) is 10.3. The number of sulfonamides is 1. The highest BCUT2D eigenvalue weighted by Crippen LogP contribution is 2.21. The Morgan fingerprint density at radius 3 is 1.83 bits per heavy atom. The molecule has 0 aliphatic rings. The number of hydrogen-bond acceptors (Lipinski definition) is 6. The van der Waals surface area contributed by atoms with Crippen LogP contribution in [-0.4, -0.2) is 39.3 Å². The van der Waals surface area contributed by atoms with E-state index in [1.54, 1.807) is 12.1 Å². The molecule has 2 aromatic rings. The highest BCUT2D eigenvalue weighted by atomic mass is 79.9. The van der Waals surface area contributed by atoms with Gasteiger partial charge in [-0.15, -0.1) is 0 Å². The summed E-state index contributed by atoms with van der Waals surface area (Å²) in [6.45, 7) is 0. The molecular weight excluding hydrogens is 564 g/mol. The lowest BCUT2D eigenvalue weighted by Gasteiger charge is -2.17. The molecule has 2 rings (SSSR count). The predicted molar refractivity (Wildman–Crippen MR) is 119 cm³/mol. The molecule has 0 saturated heterocycles. The Morgan fingerprint density at radius 2 is 1.37 bits per heavy atom. The first-order valence-corrected chi connectivity index (χ1v) is 13.3. The SMILES string of the molecule is NC(CCC[C@H](NS(=O)(=O)c1ccc(Br)cc1)C(=O)O)S(=O)(=O)c1ccc(Br)cc1. The highest BCUT2D eigenvalue weighted by Gasteiger charge is 2.27. The van der Waals surface area contributed by atoms with Crippen molar-refractivity contribution in [2.45, 2.75) is 40.5 Å². The lowest BCUT2D eigenvalue weighted by Crippen LogP contribution is -2.41. The van der Waals surface area contributed by atoms with E-state index in [4.69, 9.17) is 5.73 Å². The van der Waals surface area contributed by atoms with Crippen LogP contribution < -0.4 is 10.5 Å². The molecule has 0 aliphatic carbocycles. The first-order chi connectivity index (χ1) is 13.9. The molecule has 164 valence electrons. The number of nitrogens with one attached hydrogen (secondary N) is 1. The van der Waals surface area contributed by atoms with Gasteiger partial charge in [0.25, 0.3) is 0 Å². The van der Waals surface area contributed by atoms with E-state index in [9.17, 15) is 26.7 Å². The van der Waals surface area contributed by atoms with Gasteiger partial charge in [-0.05, 0) is 67.8 Å². The van der Waals surface area contributed by atoms with Crippen molar-refractivity contribution in [3.8, 4) is 0 Å². The second-order valence-electron chi connectivity index (χ2n) is 6.43. The van der Waals surface area contributed by atoms with Crippen molar-refractivity contribution >= 4 is 57.7 Å². The van der Waals surface area contributed by atoms with Crippen molar-refractivity contribution in [1.82, 2.24) is 4.72 Å². The first kappa shape index (κ1) is 25.0. The molecule has 0 spiro atoms. The Hall–Kier alpha value is -1.31. The van der Waals surface area contributed by atoms with Crippen LogP contribution in [0.15, 0.2) is 67.3 Å². The summed E-state index contributed by atoms with van der Waals surface area (Å²) in [6, 6.07) is 10.3. The topological polar surface area (TPSA) is 144 Å². The third-order valence-corrected chi connectivity index (χ3v) is 8.75. The molecule has 4 N–H and O–H groups in total. The minimum Gasteiger partial charge on any atom is -0.480 e. The summed E-state index contributed by atoms with van der Waals surface area (Å²) in [5.74, 6) is -1.36. The van der Waals surface area contributed by atoms with Crippen molar-refractivity contribution in [2.75, 3.05) is 0 Å². The van der Waals surface area contributed by atoms with E-state index in [2.05, 4.69) is 36.6 Å². The van der Waals surface area contributed by atoms with Crippen LogP contribution in [0, 0.1) is 0 Å². The van der Waals surface area contributed by atoms with E-state index in [-0.39, 0.29) is 29.1 Å². The predicted octanol–water partition coefficient (Wildman–Crippen LogP) is 2.87. The third kappa shape index (κ3) is 6.59. The summed E-state index contributed by atoms with van der Waals surface area (Å²) in [6.07, 6.45) is -0.0480. The number of nitrogens with two attached hydrogens (primary N) is 1. The van der Waals surface area contributed by atoms with Crippen LogP contribution in [0.3, 0.4) is 0 Å². The normalized spacial score (nSPS) is 14.2. The summed E-state index contributed by atoms with van der Waals surface area (Å²) < 4.78 is 53.4. The van der Waals surface area contributed by atoms with Crippen LogP contribution in [-0.2, 0) is 24.7 Å². The van der Waals surface area contributed by atoms with Crippen molar-refractivity contribution in [1.29, 1.82) is 0 Å². The van der Waals surface area contributed by atoms with Crippen LogP contribution in [0.2, 0.25) is 0 Å². The summed E-state index contributed by atoms with van der Waals surface area (Å²) in [4.78, 5) is 11.5. The first-order valence-electron chi connectivity index (χ1n) is 8.69. The fraction of sp³-hybridized carbons (Fsp3) is 0.278. The van der Waals surface area contributed by atoms with Gasteiger partial charge in [0, 0.05) is 8.95 Å². The number of aliphatic carboxylic acids is 1. The van der Waals surface area contributed by atoms with E-state index in [0.29, 0.717) is 4.47 Å². The lowest BCUT2D eigenvalue weighted by molar-refractivity contribution is -0.139. The van der Waals surface area contributed by atoms with Gasteiger partial charge in [0.05, 0.1) is 9.79 Å². The largest absolute Gasteiger partial charge is 0.480 e. The Labute approximate surface area is 192 Å². The average molecular weight is 584 g/mol. The van der Waals surface area contributed by atoms with Crippen LogP contribution in [0.1, 0.15) is 19.3 Å². The molecule has 12 heteroatoms. The van der Waals surface area contributed by atoms with E-state index >= 15 is 0 Å². The number of carbonyl (C=O) groups is 1. The standard InChI is InChI=1S/C18H20Br2N2O6S2/c19-12-4-8-14(9-5-12)29(25,26)17(21)3-1-2-16(18(23)24)22-30(27,28)15-10-6-13(20)7-11-15/h4-11,16-17,22H,1-3,21H2,(H,23,24)/t16-,17?/m0/s1. The Morgan fingerprint density at radius 1 is 0.900 bits per heavy atom. The number of hydrogen-bond donors (Lipinski definition) is 3. The molecule has 0 aromatic heterocycles. The number of carboxylic acids is 1. The fourth-order valence-corrected chi connectivity index (χ4v) is 5.67. The minimum absolute atomic E-state index is 0.0256. The summed E-state index contributed by atoms with van der Waals surface area (Å²) >= 11 is 6.42. The molecule has 8 nitrogen and oxygen atoms in total. The second-order valence-corrected chi connectivity index (χ2v) is 12.1. The summed E-state index contributed by atoms with van der Waals surface area (Å²) in [5.41, 5.74) is 5.83. The van der Waals surface area contributed by atoms with Crippen molar-refractivity contribution in [3.05, 3.63) is 57.5 Å². The third-order valence-electron chi connectivity index (χ3n) is 4.24. The number of carboxylic acid groups (broad SMARTS) is 1. The molecule has 1 unspecified atom stereocenters. The van der Waals surface area contributed by atoms with Gasteiger partial charge in [-0.1, -0.05) is 31.9 Å². The molecule has 30 heavy (non-hydrogen) atoms. The molecule has 0 aliphatic heterocycles. The Balaban J connectivity index is 2.01. The zero-order valence-electron chi connectivity index (χ0n) is 15.5. The number of halogens is 2. The zero-order chi connectivity index (χ0) is 22.5. The molecule has 0 saturated carbocycles. The van der Waals surface area contributed by atoms with Gasteiger partial charge in [-0.25, -0.2) is 16.8 Å². The molecule has 0 bridgehead atoms. The van der Waals surface area contributed by atoms with E-state index < -0.39 is 37.2 Å². The van der Waals surface area contributed by atoms with Crippen molar-refractivity contribution in [2.24, 2.45) is 5.73 Å². The molecule has 0 amide bonds. The molecular formula is C18H20Br2N2O6S2. The quantitative estimate of drug-likeness (QED) is 0.390. The minimum atomic E-state index is -4.05. The van der Waals surface area contributed by atoms with Gasteiger partial charge in [0.1, 0.15) is 11.4 Å². The van der Waals surface area contributed by atoms with Crippen molar-refractivity contribution < 1.29 is 26.7 Å². The smallest absolute Gasteiger partial charge is 0.321 e. The van der Waals surface area contributed by atoms with Crippen LogP contribution >= 0.6 is 31.9 Å². The van der Waals surface area contributed by atoms with Gasteiger partial charge < -0.3 is 10.8 Å². The van der Waals surface area contributed by atoms with Gasteiger partial charge in [0.15, 0.2) is 9.84 Å². The van der Waals surface area contributed by atoms with Gasteiger partial charge >= 0.3 is 5.97 Å². The molecule has 0 radical (unpaired) electrons. The molecule has 0 heterocycles. The van der Waals surface area contributed by atoms with E-state index in [0.717, 1.165) is 4.47 Å². The number of benzene rings is 2. The van der Waals surface area contributed by atoms with E-state index in [1.165, 1.54) is 36.4 Å². The van der Waals surface area contributed by atoms with E-state index in [1.807, 2.05) is 0 Å².